The Morgan fingerprint density at radius 1 is 1.29 bits per heavy atom. The van der Waals surface area contributed by atoms with Crippen molar-refractivity contribution in [1.82, 2.24) is 10.2 Å². The molecule has 98 valence electrons. The lowest BCUT2D eigenvalue weighted by Crippen LogP contribution is -2.39. The van der Waals surface area contributed by atoms with Crippen LogP contribution in [0.3, 0.4) is 0 Å². The molecule has 1 aliphatic heterocycles. The average molecular weight is 246 g/mol. The first kappa shape index (κ1) is 12.7. The molecule has 17 heavy (non-hydrogen) atoms. The van der Waals surface area contributed by atoms with Crippen LogP contribution in [0.25, 0.3) is 0 Å². The van der Waals surface area contributed by atoms with Crippen molar-refractivity contribution >= 4 is 5.91 Å². The summed E-state index contributed by atoms with van der Waals surface area (Å²) < 4.78 is 26.0. The Morgan fingerprint density at radius 2 is 1.94 bits per heavy atom. The minimum Gasteiger partial charge on any atom is -0.341 e. The Labute approximate surface area is 101 Å². The first-order chi connectivity index (χ1) is 8.02. The molecule has 0 aromatic heterocycles. The molecular formula is C12H20F2N2O. The van der Waals surface area contributed by atoms with E-state index in [0.29, 0.717) is 18.9 Å². The lowest BCUT2D eigenvalue weighted by molar-refractivity contribution is -0.138. The summed E-state index contributed by atoms with van der Waals surface area (Å²) in [5.41, 5.74) is 0. The third-order valence-electron chi connectivity index (χ3n) is 3.97. The lowest BCUT2D eigenvalue weighted by Gasteiger charge is -2.30. The normalized spacial score (nSPS) is 29.6. The number of likely N-dealkylation sites (tertiary alicyclic amines) is 1. The van der Waals surface area contributed by atoms with E-state index >= 15 is 0 Å². The summed E-state index contributed by atoms with van der Waals surface area (Å²) >= 11 is 0. The molecule has 1 atom stereocenters. The molecule has 2 fully saturated rings. The fourth-order valence-corrected chi connectivity index (χ4v) is 2.74. The van der Waals surface area contributed by atoms with Gasteiger partial charge in [0.25, 0.3) is 0 Å². The van der Waals surface area contributed by atoms with Crippen molar-refractivity contribution in [3.63, 3.8) is 0 Å². The van der Waals surface area contributed by atoms with Crippen molar-refractivity contribution in [3.05, 3.63) is 0 Å². The average Bonchev–Trinajstić information content (AvgIpc) is 2.76. The maximum Gasteiger partial charge on any atom is 0.248 e. The quantitative estimate of drug-likeness (QED) is 0.803. The van der Waals surface area contributed by atoms with Gasteiger partial charge in [0.15, 0.2) is 0 Å². The lowest BCUT2D eigenvalue weighted by atomic mass is 9.86. The van der Waals surface area contributed by atoms with Gasteiger partial charge in [-0.1, -0.05) is 0 Å². The predicted molar refractivity (Wildman–Crippen MR) is 60.9 cm³/mol. The smallest absolute Gasteiger partial charge is 0.248 e. The van der Waals surface area contributed by atoms with Crippen LogP contribution in [0.5, 0.6) is 0 Å². The molecule has 0 bridgehead atoms. The maximum absolute atomic E-state index is 13.0. The molecule has 1 amide bonds. The zero-order chi connectivity index (χ0) is 12.5. The van der Waals surface area contributed by atoms with Gasteiger partial charge in [-0.2, -0.15) is 0 Å². The van der Waals surface area contributed by atoms with E-state index in [9.17, 15) is 13.6 Å². The Morgan fingerprint density at radius 3 is 2.47 bits per heavy atom. The van der Waals surface area contributed by atoms with Crippen molar-refractivity contribution in [3.8, 4) is 0 Å². The second kappa shape index (κ2) is 4.88. The number of halogens is 2. The van der Waals surface area contributed by atoms with Gasteiger partial charge in [0.2, 0.25) is 11.8 Å². The molecule has 1 aliphatic carbocycles. The fourth-order valence-electron chi connectivity index (χ4n) is 2.74. The van der Waals surface area contributed by atoms with E-state index in [1.165, 1.54) is 0 Å². The van der Waals surface area contributed by atoms with E-state index in [1.54, 1.807) is 0 Å². The molecule has 0 spiro atoms. The van der Waals surface area contributed by atoms with E-state index in [2.05, 4.69) is 5.32 Å². The third kappa shape index (κ3) is 2.94. The van der Waals surface area contributed by atoms with Gasteiger partial charge in [-0.3, -0.25) is 4.79 Å². The molecule has 0 unspecified atom stereocenters. The Bertz CT molecular complexity index is 286. The number of carbonyl (C=O) groups excluding carboxylic acids is 1. The molecule has 2 aliphatic rings. The van der Waals surface area contributed by atoms with Gasteiger partial charge in [0, 0.05) is 37.9 Å². The summed E-state index contributed by atoms with van der Waals surface area (Å²) in [4.78, 5) is 14.0. The van der Waals surface area contributed by atoms with Crippen LogP contribution in [0.15, 0.2) is 0 Å². The van der Waals surface area contributed by atoms with Crippen molar-refractivity contribution in [2.45, 2.75) is 44.1 Å². The minimum absolute atomic E-state index is 0.0817. The number of amides is 1. The van der Waals surface area contributed by atoms with Crippen LogP contribution in [-0.2, 0) is 4.79 Å². The highest BCUT2D eigenvalue weighted by molar-refractivity contribution is 5.79. The molecule has 1 saturated carbocycles. The van der Waals surface area contributed by atoms with Crippen LogP contribution >= 0.6 is 0 Å². The number of likely N-dealkylation sites (N-methyl/N-ethyl adjacent to an activating group) is 1. The van der Waals surface area contributed by atoms with Crippen LogP contribution in [-0.4, -0.2) is 42.9 Å². The first-order valence-electron chi connectivity index (χ1n) is 6.36. The molecule has 0 radical (unpaired) electrons. The predicted octanol–water partition coefficient (Wildman–Crippen LogP) is 1.63. The molecular weight excluding hydrogens is 226 g/mol. The van der Waals surface area contributed by atoms with Crippen LogP contribution in [0, 0.1) is 5.92 Å². The highest BCUT2D eigenvalue weighted by atomic mass is 19.3. The third-order valence-corrected chi connectivity index (χ3v) is 3.97. The largest absolute Gasteiger partial charge is 0.341 e. The Kier molecular flexibility index (Phi) is 3.66. The fraction of sp³-hybridized carbons (Fsp3) is 0.917. The molecule has 1 saturated heterocycles. The molecule has 2 rings (SSSR count). The molecule has 0 aromatic rings. The molecule has 1 heterocycles. The molecule has 1 N–H and O–H groups in total. The van der Waals surface area contributed by atoms with Gasteiger partial charge < -0.3 is 10.2 Å². The topological polar surface area (TPSA) is 32.3 Å². The van der Waals surface area contributed by atoms with E-state index in [4.69, 9.17) is 0 Å². The van der Waals surface area contributed by atoms with E-state index < -0.39 is 5.92 Å². The van der Waals surface area contributed by atoms with Gasteiger partial charge >= 0.3 is 0 Å². The minimum atomic E-state index is -2.55. The number of nitrogens with zero attached hydrogens (tertiary/aromatic N) is 1. The van der Waals surface area contributed by atoms with E-state index in [1.807, 2.05) is 11.9 Å². The van der Waals surface area contributed by atoms with E-state index in [-0.39, 0.29) is 24.7 Å². The maximum atomic E-state index is 13.0. The summed E-state index contributed by atoms with van der Waals surface area (Å²) in [7, 11) is 1.89. The standard InChI is InChI=1S/C12H20F2N2O/c1-15-10-4-7-16(8-10)11(17)9-2-5-12(13,14)6-3-9/h9-10,15H,2-8H2,1H3/t10-/m1/s1. The molecule has 3 nitrogen and oxygen atoms in total. The van der Waals surface area contributed by atoms with Gasteiger partial charge in [-0.25, -0.2) is 8.78 Å². The van der Waals surface area contributed by atoms with Gasteiger partial charge in [0.1, 0.15) is 0 Å². The van der Waals surface area contributed by atoms with Crippen molar-refractivity contribution < 1.29 is 13.6 Å². The monoisotopic (exact) mass is 246 g/mol. The second-order valence-electron chi connectivity index (χ2n) is 5.19. The summed E-state index contributed by atoms with van der Waals surface area (Å²) in [5.74, 6) is -2.64. The zero-order valence-electron chi connectivity index (χ0n) is 10.2. The van der Waals surface area contributed by atoms with Gasteiger partial charge in [-0.15, -0.1) is 0 Å². The van der Waals surface area contributed by atoms with Gasteiger partial charge in [0.05, 0.1) is 0 Å². The summed E-state index contributed by atoms with van der Waals surface area (Å²) in [6, 6.07) is 0.365. The number of carbonyl (C=O) groups is 1. The summed E-state index contributed by atoms with van der Waals surface area (Å²) in [5, 5.41) is 3.15. The zero-order valence-corrected chi connectivity index (χ0v) is 10.2. The molecule has 5 heteroatoms. The first-order valence-corrected chi connectivity index (χ1v) is 6.36. The van der Waals surface area contributed by atoms with Crippen molar-refractivity contribution in [2.24, 2.45) is 5.92 Å². The summed E-state index contributed by atoms with van der Waals surface area (Å²) in [6.07, 6.45) is 1.38. The number of nitrogens with one attached hydrogen (secondary N) is 1. The highest BCUT2D eigenvalue weighted by Gasteiger charge is 2.39. The van der Waals surface area contributed by atoms with E-state index in [0.717, 1.165) is 19.5 Å². The Hall–Kier alpha value is -0.710. The van der Waals surface area contributed by atoms with Gasteiger partial charge in [-0.05, 0) is 26.3 Å². The summed E-state index contributed by atoms with van der Waals surface area (Å²) in [6.45, 7) is 1.49. The Balaban J connectivity index is 1.85. The van der Waals surface area contributed by atoms with Crippen LogP contribution in [0.2, 0.25) is 0 Å². The van der Waals surface area contributed by atoms with Crippen molar-refractivity contribution in [1.29, 1.82) is 0 Å². The number of alkyl halides is 2. The van der Waals surface area contributed by atoms with Crippen LogP contribution in [0.1, 0.15) is 32.1 Å². The van der Waals surface area contributed by atoms with Crippen molar-refractivity contribution in [2.75, 3.05) is 20.1 Å². The second-order valence-corrected chi connectivity index (χ2v) is 5.19. The SMILES string of the molecule is CN[C@@H]1CCN(C(=O)C2CCC(F)(F)CC2)C1. The highest BCUT2D eigenvalue weighted by Crippen LogP contribution is 2.37. The molecule has 0 aromatic carbocycles. The number of hydrogen-bond donors (Lipinski definition) is 1. The number of hydrogen-bond acceptors (Lipinski definition) is 2. The number of rotatable bonds is 2. The van der Waals surface area contributed by atoms with Crippen LogP contribution < -0.4 is 5.32 Å². The van der Waals surface area contributed by atoms with Crippen LogP contribution in [0.4, 0.5) is 8.78 Å².